The second kappa shape index (κ2) is 4.97. The molecule has 0 spiro atoms. The molecule has 0 saturated carbocycles. The normalized spacial score (nSPS) is 11.2. The van der Waals surface area contributed by atoms with Gasteiger partial charge in [-0.15, -0.1) is 11.3 Å². The van der Waals surface area contributed by atoms with Crippen molar-refractivity contribution >= 4 is 44.1 Å². The van der Waals surface area contributed by atoms with E-state index < -0.39 is 11.4 Å². The Hall–Kier alpha value is -0.880. The molecule has 0 unspecified atom stereocenters. The van der Waals surface area contributed by atoms with Gasteiger partial charge in [0.25, 0.3) is 0 Å². The minimum Gasteiger partial charge on any atom is -0.481 e. The van der Waals surface area contributed by atoms with Crippen LogP contribution in [0, 0.1) is 5.41 Å². The van der Waals surface area contributed by atoms with E-state index in [9.17, 15) is 9.59 Å². The predicted molar refractivity (Wildman–Crippen MR) is 66.7 cm³/mol. The zero-order valence-corrected chi connectivity index (χ0v) is 11.3. The molecule has 2 N–H and O–H groups in total. The second-order valence-electron chi connectivity index (χ2n) is 4.04. The lowest BCUT2D eigenvalue weighted by molar-refractivity contribution is -0.142. The fourth-order valence-corrected chi connectivity index (χ4v) is 2.43. The Bertz CT molecular complexity index is 414. The number of aliphatic carboxylic acids is 1. The molecule has 16 heavy (non-hydrogen) atoms. The van der Waals surface area contributed by atoms with Crippen molar-refractivity contribution in [3.8, 4) is 0 Å². The Balaban J connectivity index is 2.68. The highest BCUT2D eigenvalue weighted by Crippen LogP contribution is 2.28. The third-order valence-corrected chi connectivity index (χ3v) is 3.62. The molecule has 0 fully saturated rings. The lowest BCUT2D eigenvalue weighted by Crippen LogP contribution is -2.32. The molecule has 0 saturated heterocycles. The first-order chi connectivity index (χ1) is 7.31. The number of halogens is 1. The van der Waals surface area contributed by atoms with Crippen LogP contribution in [0.5, 0.6) is 0 Å². The van der Waals surface area contributed by atoms with Crippen LogP contribution in [-0.4, -0.2) is 17.0 Å². The van der Waals surface area contributed by atoms with Crippen molar-refractivity contribution < 1.29 is 14.7 Å². The predicted octanol–water partition coefficient (Wildman–Crippen LogP) is 2.95. The topological polar surface area (TPSA) is 66.4 Å². The number of rotatable bonds is 4. The van der Waals surface area contributed by atoms with Gasteiger partial charge in [0.2, 0.25) is 5.91 Å². The van der Waals surface area contributed by atoms with Crippen molar-refractivity contribution in [3.05, 3.63) is 15.9 Å². The summed E-state index contributed by atoms with van der Waals surface area (Å²) in [6, 6.07) is 1.78. The van der Waals surface area contributed by atoms with Crippen LogP contribution in [0.3, 0.4) is 0 Å². The molecule has 0 aliphatic carbocycles. The van der Waals surface area contributed by atoms with Gasteiger partial charge in [0.1, 0.15) is 0 Å². The lowest BCUT2D eigenvalue weighted by atomic mass is 9.88. The number of anilines is 1. The number of carboxylic acids is 1. The van der Waals surface area contributed by atoms with Gasteiger partial charge in [-0.2, -0.15) is 0 Å². The van der Waals surface area contributed by atoms with Crippen LogP contribution in [0.1, 0.15) is 20.3 Å². The molecule has 0 aliphatic heterocycles. The molecule has 4 nitrogen and oxygen atoms in total. The number of thiophene rings is 1. The maximum absolute atomic E-state index is 11.8. The van der Waals surface area contributed by atoms with Crippen LogP contribution in [0.4, 0.5) is 5.00 Å². The van der Waals surface area contributed by atoms with E-state index in [1.807, 2.05) is 5.38 Å². The number of amides is 1. The van der Waals surface area contributed by atoms with Crippen molar-refractivity contribution in [2.24, 2.45) is 5.41 Å². The van der Waals surface area contributed by atoms with Crippen molar-refractivity contribution in [1.82, 2.24) is 0 Å². The summed E-state index contributed by atoms with van der Waals surface area (Å²) >= 11 is 4.66. The maximum atomic E-state index is 11.8. The number of hydrogen-bond donors (Lipinski definition) is 2. The first-order valence-corrected chi connectivity index (χ1v) is 6.26. The quantitative estimate of drug-likeness (QED) is 0.899. The highest BCUT2D eigenvalue weighted by atomic mass is 79.9. The van der Waals surface area contributed by atoms with Crippen LogP contribution in [0.15, 0.2) is 15.9 Å². The Morgan fingerprint density at radius 3 is 2.62 bits per heavy atom. The van der Waals surface area contributed by atoms with Crippen molar-refractivity contribution in [2.75, 3.05) is 5.32 Å². The van der Waals surface area contributed by atoms with Crippen molar-refractivity contribution in [2.45, 2.75) is 20.3 Å². The number of hydrogen-bond acceptors (Lipinski definition) is 3. The van der Waals surface area contributed by atoms with Gasteiger partial charge in [0.05, 0.1) is 16.8 Å². The summed E-state index contributed by atoms with van der Waals surface area (Å²) in [5, 5.41) is 13.9. The fourth-order valence-electron chi connectivity index (χ4n) is 1.12. The average Bonchev–Trinajstić information content (AvgIpc) is 2.48. The first kappa shape index (κ1) is 13.2. The smallest absolute Gasteiger partial charge is 0.304 e. The van der Waals surface area contributed by atoms with E-state index in [2.05, 4.69) is 21.2 Å². The summed E-state index contributed by atoms with van der Waals surface area (Å²) in [6.45, 7) is 3.22. The van der Waals surface area contributed by atoms with E-state index in [1.165, 1.54) is 11.3 Å². The summed E-state index contributed by atoms with van der Waals surface area (Å²) < 4.78 is 0.892. The fraction of sp³-hybridized carbons (Fsp3) is 0.400. The molecule has 0 aromatic carbocycles. The molecule has 88 valence electrons. The van der Waals surface area contributed by atoms with E-state index >= 15 is 0 Å². The van der Waals surface area contributed by atoms with Gasteiger partial charge in [-0.1, -0.05) is 13.8 Å². The maximum Gasteiger partial charge on any atom is 0.304 e. The van der Waals surface area contributed by atoms with E-state index in [1.54, 1.807) is 19.9 Å². The van der Waals surface area contributed by atoms with Crippen molar-refractivity contribution in [1.29, 1.82) is 0 Å². The number of carbonyl (C=O) groups is 2. The molecule has 1 heterocycles. The third kappa shape index (κ3) is 3.61. The highest BCUT2D eigenvalue weighted by Gasteiger charge is 2.30. The first-order valence-electron chi connectivity index (χ1n) is 4.58. The molecule has 1 rings (SSSR count). The Kier molecular flexibility index (Phi) is 4.09. The molecule has 0 aliphatic rings. The minimum absolute atomic E-state index is 0.189. The number of carboxylic acid groups (broad SMARTS) is 1. The van der Waals surface area contributed by atoms with Gasteiger partial charge in [-0.3, -0.25) is 9.59 Å². The van der Waals surface area contributed by atoms with E-state index in [0.29, 0.717) is 5.00 Å². The molecule has 0 radical (unpaired) electrons. The van der Waals surface area contributed by atoms with Gasteiger partial charge in [-0.05, 0) is 22.0 Å². The molecule has 1 aromatic rings. The Morgan fingerprint density at radius 1 is 1.56 bits per heavy atom. The summed E-state index contributed by atoms with van der Waals surface area (Å²) in [6.07, 6.45) is -0.189. The highest BCUT2D eigenvalue weighted by molar-refractivity contribution is 9.10. The molecule has 0 atom stereocenters. The van der Waals surface area contributed by atoms with Gasteiger partial charge in [-0.25, -0.2) is 0 Å². The van der Waals surface area contributed by atoms with Crippen LogP contribution in [-0.2, 0) is 9.59 Å². The molecular formula is C10H12BrNO3S. The zero-order valence-electron chi connectivity index (χ0n) is 8.91. The minimum atomic E-state index is -0.979. The summed E-state index contributed by atoms with van der Waals surface area (Å²) in [5.41, 5.74) is -0.914. The van der Waals surface area contributed by atoms with E-state index in [0.717, 1.165) is 4.47 Å². The third-order valence-electron chi connectivity index (χ3n) is 2.01. The SMILES string of the molecule is CC(C)(CC(=O)O)C(=O)Nc1cc(Br)cs1. The number of nitrogens with one attached hydrogen (secondary N) is 1. The van der Waals surface area contributed by atoms with E-state index in [-0.39, 0.29) is 12.3 Å². The molecule has 1 aromatic heterocycles. The number of carbonyl (C=O) groups excluding carboxylic acids is 1. The van der Waals surface area contributed by atoms with Gasteiger partial charge >= 0.3 is 5.97 Å². The van der Waals surface area contributed by atoms with E-state index in [4.69, 9.17) is 5.11 Å². The average molecular weight is 306 g/mol. The zero-order chi connectivity index (χ0) is 12.3. The Morgan fingerprint density at radius 2 is 2.19 bits per heavy atom. The van der Waals surface area contributed by atoms with Gasteiger partial charge in [0.15, 0.2) is 0 Å². The molecular weight excluding hydrogens is 294 g/mol. The molecule has 0 bridgehead atoms. The van der Waals surface area contributed by atoms with Crippen LogP contribution < -0.4 is 5.32 Å². The van der Waals surface area contributed by atoms with Crippen LogP contribution in [0.25, 0.3) is 0 Å². The standard InChI is InChI=1S/C10H12BrNO3S/c1-10(2,4-8(13)14)9(15)12-7-3-6(11)5-16-7/h3,5H,4H2,1-2H3,(H,12,15)(H,13,14). The summed E-state index contributed by atoms with van der Waals surface area (Å²) in [7, 11) is 0. The monoisotopic (exact) mass is 305 g/mol. The summed E-state index contributed by atoms with van der Waals surface area (Å²) in [4.78, 5) is 22.4. The lowest BCUT2D eigenvalue weighted by Gasteiger charge is -2.20. The summed E-state index contributed by atoms with van der Waals surface area (Å²) in [5.74, 6) is -1.27. The van der Waals surface area contributed by atoms with Gasteiger partial charge in [0, 0.05) is 9.85 Å². The second-order valence-corrected chi connectivity index (χ2v) is 5.86. The molecule has 6 heteroatoms. The van der Waals surface area contributed by atoms with Crippen LogP contribution in [0.2, 0.25) is 0 Å². The van der Waals surface area contributed by atoms with Gasteiger partial charge < -0.3 is 10.4 Å². The Labute approximate surface area is 106 Å². The van der Waals surface area contributed by atoms with Crippen molar-refractivity contribution in [3.63, 3.8) is 0 Å². The molecule has 1 amide bonds. The van der Waals surface area contributed by atoms with Crippen LogP contribution >= 0.6 is 27.3 Å². The largest absolute Gasteiger partial charge is 0.481 e.